The predicted molar refractivity (Wildman–Crippen MR) is 113 cm³/mol. The molecule has 1 aromatic heterocycles. The van der Waals surface area contributed by atoms with Crippen LogP contribution in [0.5, 0.6) is 5.75 Å². The van der Waals surface area contributed by atoms with Gasteiger partial charge < -0.3 is 19.3 Å². The van der Waals surface area contributed by atoms with Crippen LogP contribution in [0.1, 0.15) is 22.5 Å². The number of alkyl halides is 3. The number of pyridine rings is 1. The Bertz CT molecular complexity index is 1280. The summed E-state index contributed by atoms with van der Waals surface area (Å²) in [6.45, 7) is 0.871. The van der Waals surface area contributed by atoms with Crippen LogP contribution in [-0.2, 0) is 21.4 Å². The number of aromatic nitrogens is 1. The van der Waals surface area contributed by atoms with E-state index in [1.807, 2.05) is 0 Å². The Balaban J connectivity index is 1.27. The summed E-state index contributed by atoms with van der Waals surface area (Å²) >= 11 is 0. The van der Waals surface area contributed by atoms with Crippen LogP contribution in [0.4, 0.5) is 22.4 Å². The van der Waals surface area contributed by atoms with Gasteiger partial charge in [0.1, 0.15) is 28.8 Å². The molecule has 10 nitrogen and oxygen atoms in total. The van der Waals surface area contributed by atoms with E-state index in [-0.39, 0.29) is 21.6 Å². The lowest BCUT2D eigenvalue weighted by Crippen LogP contribution is -2.59. The van der Waals surface area contributed by atoms with Crippen LogP contribution >= 0.6 is 0 Å². The summed E-state index contributed by atoms with van der Waals surface area (Å²) in [5.41, 5.74) is -0.398. The van der Waals surface area contributed by atoms with Crippen LogP contribution in [0.25, 0.3) is 0 Å². The van der Waals surface area contributed by atoms with E-state index >= 15 is 0 Å². The summed E-state index contributed by atoms with van der Waals surface area (Å²) in [5, 5.41) is 5.02. The number of halogens is 4. The van der Waals surface area contributed by atoms with Crippen molar-refractivity contribution in [3.8, 4) is 5.75 Å². The predicted octanol–water partition coefficient (Wildman–Crippen LogP) is 2.25. The van der Waals surface area contributed by atoms with Gasteiger partial charge in [0.25, 0.3) is 5.91 Å². The molecule has 4 rings (SSSR count). The molecule has 2 saturated heterocycles. The summed E-state index contributed by atoms with van der Waals surface area (Å²) in [4.78, 5) is 31.6. The normalized spacial score (nSPS) is 17.1. The molecular formula is C21H20F4N4O6S. The van der Waals surface area contributed by atoms with Gasteiger partial charge in [0.15, 0.2) is 0 Å². The number of hydrogen-bond acceptors (Lipinski definition) is 7. The van der Waals surface area contributed by atoms with Gasteiger partial charge in [0.2, 0.25) is 10.0 Å². The topological polar surface area (TPSA) is 132 Å². The first-order valence-corrected chi connectivity index (χ1v) is 12.0. The van der Waals surface area contributed by atoms with Crippen molar-refractivity contribution in [3.05, 3.63) is 53.6 Å². The lowest BCUT2D eigenvalue weighted by atomic mass is 9.79. The number of hydrogen-bond donors (Lipinski definition) is 1. The number of amides is 2. The molecule has 2 aliphatic heterocycles. The molecule has 0 saturated carbocycles. The summed E-state index contributed by atoms with van der Waals surface area (Å²) < 4.78 is 82.1. The number of nitrogens with zero attached hydrogens (tertiary/aromatic N) is 3. The number of ether oxygens (including phenoxy) is 2. The van der Waals surface area contributed by atoms with Crippen molar-refractivity contribution in [3.63, 3.8) is 0 Å². The number of carbonyl (C=O) groups is 2. The molecule has 0 aliphatic carbocycles. The average Bonchev–Trinajstić information content (AvgIpc) is 3.21. The van der Waals surface area contributed by atoms with Gasteiger partial charge in [0, 0.05) is 49.4 Å². The highest BCUT2D eigenvalue weighted by molar-refractivity contribution is 7.89. The maximum atomic E-state index is 14.0. The molecule has 1 spiro atoms. The zero-order chi connectivity index (χ0) is 26.3. The van der Waals surface area contributed by atoms with Gasteiger partial charge >= 0.3 is 12.5 Å². The second-order valence-corrected chi connectivity index (χ2v) is 10.2. The number of carbonyl (C=O) groups excluding carboxylic acids is 2. The van der Waals surface area contributed by atoms with E-state index < -0.39 is 46.6 Å². The molecule has 1 aromatic carbocycles. The Morgan fingerprint density at radius 1 is 1.11 bits per heavy atom. The third kappa shape index (κ3) is 5.67. The van der Waals surface area contributed by atoms with Gasteiger partial charge in [-0.15, -0.1) is 13.2 Å². The van der Waals surface area contributed by atoms with Gasteiger partial charge in [0.05, 0.1) is 0 Å². The molecule has 15 heteroatoms. The molecule has 2 amide bonds. The fourth-order valence-corrected chi connectivity index (χ4v) is 4.62. The smallest absolute Gasteiger partial charge is 0.444 e. The van der Waals surface area contributed by atoms with Crippen molar-refractivity contribution >= 4 is 22.0 Å². The van der Waals surface area contributed by atoms with Crippen molar-refractivity contribution in [1.82, 2.24) is 14.8 Å². The summed E-state index contributed by atoms with van der Waals surface area (Å²) in [6.07, 6.45) is -4.07. The number of nitrogens with two attached hydrogens (primary N) is 1. The van der Waals surface area contributed by atoms with E-state index in [0.717, 1.165) is 18.3 Å². The van der Waals surface area contributed by atoms with Crippen molar-refractivity contribution in [2.75, 3.05) is 26.2 Å². The lowest BCUT2D eigenvalue weighted by Gasteiger charge is -2.47. The third-order valence-corrected chi connectivity index (χ3v) is 6.83. The molecule has 3 heterocycles. The van der Waals surface area contributed by atoms with Gasteiger partial charge in [-0.05, 0) is 30.7 Å². The summed E-state index contributed by atoms with van der Waals surface area (Å²) in [5.74, 6) is -2.13. The first kappa shape index (κ1) is 25.6. The largest absolute Gasteiger partial charge is 0.573 e. The Morgan fingerprint density at radius 3 is 2.39 bits per heavy atom. The second kappa shape index (κ2) is 9.20. The standard InChI is InChI=1S/C21H20F4N4O6S/c22-16-7-14(35-21(23,24)25)2-1-13(16)9-34-19(31)28-6-5-20(10-28)11-29(12-20)18(30)17-4-3-15(8-27-17)36(26,32)33/h1-4,7-8H,5-6,9-12H2,(H2,26,32,33). The molecule has 36 heavy (non-hydrogen) atoms. The molecule has 194 valence electrons. The third-order valence-electron chi connectivity index (χ3n) is 5.93. The van der Waals surface area contributed by atoms with Crippen molar-refractivity contribution in [1.29, 1.82) is 0 Å². The van der Waals surface area contributed by atoms with Crippen molar-refractivity contribution in [2.45, 2.75) is 24.3 Å². The van der Waals surface area contributed by atoms with E-state index in [4.69, 9.17) is 9.88 Å². The monoisotopic (exact) mass is 532 g/mol. The SMILES string of the molecule is NS(=O)(=O)c1ccc(C(=O)N2CC3(CCN(C(=O)OCc4ccc(OC(F)(F)F)cc4F)C3)C2)nc1. The average molecular weight is 532 g/mol. The number of primary sulfonamides is 1. The quantitative estimate of drug-likeness (QED) is 0.584. The van der Waals surface area contributed by atoms with Gasteiger partial charge in [-0.2, -0.15) is 0 Å². The highest BCUT2D eigenvalue weighted by Gasteiger charge is 2.50. The minimum atomic E-state index is -4.96. The van der Waals surface area contributed by atoms with Gasteiger partial charge in [-0.25, -0.2) is 27.7 Å². The number of likely N-dealkylation sites (tertiary alicyclic amines) is 2. The van der Waals surface area contributed by atoms with E-state index in [2.05, 4.69) is 9.72 Å². The Morgan fingerprint density at radius 2 is 1.81 bits per heavy atom. The van der Waals surface area contributed by atoms with Gasteiger partial charge in [-0.3, -0.25) is 4.79 Å². The lowest BCUT2D eigenvalue weighted by molar-refractivity contribution is -0.274. The van der Waals surface area contributed by atoms with Crippen molar-refractivity contribution < 1.29 is 45.0 Å². The van der Waals surface area contributed by atoms with Crippen LogP contribution in [0.3, 0.4) is 0 Å². The number of sulfonamides is 1. The Labute approximate surface area is 202 Å². The van der Waals surface area contributed by atoms with Crippen LogP contribution in [0.2, 0.25) is 0 Å². The van der Waals surface area contributed by atoms with E-state index in [1.54, 1.807) is 0 Å². The van der Waals surface area contributed by atoms with Crippen LogP contribution in [0.15, 0.2) is 41.4 Å². The minimum Gasteiger partial charge on any atom is -0.444 e. The van der Waals surface area contributed by atoms with Crippen LogP contribution in [-0.4, -0.2) is 67.7 Å². The zero-order valence-corrected chi connectivity index (χ0v) is 19.3. The fraction of sp³-hybridized carbons (Fsp3) is 0.381. The van der Waals surface area contributed by atoms with Crippen LogP contribution < -0.4 is 9.88 Å². The molecule has 0 atom stereocenters. The highest BCUT2D eigenvalue weighted by Crippen LogP contribution is 2.40. The second-order valence-electron chi connectivity index (χ2n) is 8.61. The fourth-order valence-electron chi connectivity index (χ4n) is 4.17. The van der Waals surface area contributed by atoms with Crippen LogP contribution in [0, 0.1) is 11.2 Å². The number of benzene rings is 1. The molecule has 2 N–H and O–H groups in total. The molecular weight excluding hydrogens is 512 g/mol. The Hall–Kier alpha value is -3.46. The summed E-state index contributed by atoms with van der Waals surface area (Å²) in [6, 6.07) is 4.97. The number of rotatable bonds is 5. The molecule has 0 bridgehead atoms. The van der Waals surface area contributed by atoms with E-state index in [1.165, 1.54) is 21.9 Å². The molecule has 2 aromatic rings. The van der Waals surface area contributed by atoms with E-state index in [9.17, 15) is 35.6 Å². The first-order chi connectivity index (χ1) is 16.7. The van der Waals surface area contributed by atoms with E-state index in [0.29, 0.717) is 38.7 Å². The Kier molecular flexibility index (Phi) is 6.55. The molecule has 0 unspecified atom stereocenters. The maximum absolute atomic E-state index is 14.0. The highest BCUT2D eigenvalue weighted by atomic mass is 32.2. The first-order valence-electron chi connectivity index (χ1n) is 10.5. The van der Waals surface area contributed by atoms with Crippen molar-refractivity contribution in [2.24, 2.45) is 10.6 Å². The molecule has 0 radical (unpaired) electrons. The summed E-state index contributed by atoms with van der Waals surface area (Å²) in [7, 11) is -3.93. The van der Waals surface area contributed by atoms with Gasteiger partial charge in [-0.1, -0.05) is 0 Å². The minimum absolute atomic E-state index is 0.0557. The maximum Gasteiger partial charge on any atom is 0.573 e. The molecule has 2 aliphatic rings. The zero-order valence-electron chi connectivity index (χ0n) is 18.5. The molecule has 2 fully saturated rings.